The third-order valence-corrected chi connectivity index (χ3v) is 10.7. The molecule has 14 heteroatoms. The van der Waals surface area contributed by atoms with Crippen LogP contribution in [0.1, 0.15) is 40.8 Å². The summed E-state index contributed by atoms with van der Waals surface area (Å²) in [5.41, 5.74) is 8.18. The number of aromatic nitrogens is 6. The fourth-order valence-corrected chi connectivity index (χ4v) is 7.23. The zero-order chi connectivity index (χ0) is 47.1. The molecule has 1 aliphatic rings. The van der Waals surface area contributed by atoms with E-state index >= 15 is 0 Å². The van der Waals surface area contributed by atoms with Gasteiger partial charge in [-0.25, -0.2) is 19.9 Å². The van der Waals surface area contributed by atoms with Crippen LogP contribution in [0.15, 0.2) is 128 Å². The Balaban J connectivity index is 0.000000184. The highest BCUT2D eigenvalue weighted by Gasteiger charge is 2.12. The van der Waals surface area contributed by atoms with Crippen LogP contribution in [0.2, 0.25) is 0 Å². The number of methoxy groups -OCH3 is 1. The minimum atomic E-state index is -0.206. The minimum Gasteiger partial charge on any atom is -0.455 e. The lowest BCUT2D eigenvalue weighted by molar-refractivity contribution is -0.124. The number of carbonyl (C=O) groups excluding carboxylic acids is 1. The molecule has 1 fully saturated rings. The highest BCUT2D eigenvalue weighted by Crippen LogP contribution is 2.32. The molecule has 4 aromatic heterocycles. The van der Waals surface area contributed by atoms with Crippen LogP contribution in [-0.4, -0.2) is 69.2 Å². The van der Waals surface area contributed by atoms with Crippen LogP contribution in [0, 0.1) is 50.4 Å². The number of anilines is 4. The van der Waals surface area contributed by atoms with E-state index in [9.17, 15) is 4.79 Å². The fourth-order valence-electron chi connectivity index (χ4n) is 7.23. The lowest BCUT2D eigenvalue weighted by Crippen LogP contribution is -2.28. The first-order valence-corrected chi connectivity index (χ1v) is 22.2. The van der Waals surface area contributed by atoms with Gasteiger partial charge in [-0.1, -0.05) is 23.7 Å². The number of amides is 1. The maximum atomic E-state index is 11.4. The van der Waals surface area contributed by atoms with Crippen LogP contribution in [-0.2, 0) is 9.53 Å². The minimum absolute atomic E-state index is 0.0140. The highest BCUT2D eigenvalue weighted by atomic mass is 16.5. The smallest absolute Gasteiger partial charge is 0.246 e. The van der Waals surface area contributed by atoms with E-state index in [1.54, 1.807) is 24.9 Å². The quantitative estimate of drug-likeness (QED) is 0.0907. The molecular formula is C54H50N10O4. The molecule has 0 aliphatic carbocycles. The van der Waals surface area contributed by atoms with Gasteiger partial charge in [0.1, 0.15) is 53.9 Å². The monoisotopic (exact) mass is 902 g/mol. The van der Waals surface area contributed by atoms with Gasteiger partial charge in [-0.05, 0) is 148 Å². The van der Waals surface area contributed by atoms with Crippen molar-refractivity contribution in [2.75, 3.05) is 44.0 Å². The summed E-state index contributed by atoms with van der Waals surface area (Å²) in [6, 6.07) is 31.2. The molecule has 0 spiro atoms. The predicted molar refractivity (Wildman–Crippen MR) is 266 cm³/mol. The zero-order valence-corrected chi connectivity index (χ0v) is 38.3. The van der Waals surface area contributed by atoms with E-state index in [4.69, 9.17) is 14.2 Å². The molecule has 1 atom stereocenters. The van der Waals surface area contributed by atoms with E-state index < -0.39 is 0 Å². The second-order valence-corrected chi connectivity index (χ2v) is 16.0. The number of aryl methyl sites for hydroxylation is 3. The Labute approximate surface area is 395 Å². The van der Waals surface area contributed by atoms with Crippen LogP contribution < -0.4 is 30.7 Å². The zero-order valence-electron chi connectivity index (χ0n) is 38.3. The molecule has 14 nitrogen and oxygen atoms in total. The molecule has 1 unspecified atom stereocenters. The van der Waals surface area contributed by atoms with Crippen molar-refractivity contribution < 1.29 is 19.0 Å². The van der Waals surface area contributed by atoms with Gasteiger partial charge in [0.05, 0.1) is 30.0 Å². The van der Waals surface area contributed by atoms with Gasteiger partial charge in [-0.15, -0.1) is 0 Å². The Hall–Kier alpha value is -8.43. The first-order chi connectivity index (χ1) is 33.3. The summed E-state index contributed by atoms with van der Waals surface area (Å²) in [5, 5.41) is 14.7. The Bertz CT molecular complexity index is 3160. The van der Waals surface area contributed by atoms with E-state index in [0.717, 1.165) is 98.0 Å². The van der Waals surface area contributed by atoms with Gasteiger partial charge in [0.25, 0.3) is 0 Å². The fraction of sp³-hybridized carbons (Fsp3) is 0.204. The van der Waals surface area contributed by atoms with Gasteiger partial charge >= 0.3 is 0 Å². The number of hydrogen-bond donors (Lipinski definition) is 4. The molecule has 4 aromatic carbocycles. The summed E-state index contributed by atoms with van der Waals surface area (Å²) in [6.45, 7) is 8.27. The van der Waals surface area contributed by atoms with Crippen LogP contribution >= 0.6 is 0 Å². The Morgan fingerprint density at radius 1 is 0.721 bits per heavy atom. The number of nitrogens with zero attached hydrogens (tertiary/aromatic N) is 6. The molecule has 8 aromatic rings. The Morgan fingerprint density at radius 2 is 1.37 bits per heavy atom. The molecule has 0 radical (unpaired) electrons. The third-order valence-electron chi connectivity index (χ3n) is 10.7. The molecule has 0 bridgehead atoms. The molecule has 4 N–H and O–H groups in total. The first-order valence-electron chi connectivity index (χ1n) is 22.2. The van der Waals surface area contributed by atoms with E-state index in [1.165, 1.54) is 19.9 Å². The highest BCUT2D eigenvalue weighted by molar-refractivity contribution is 5.92. The Kier molecular flexibility index (Phi) is 15.4. The number of fused-ring (bicyclic) bond motifs is 2. The van der Waals surface area contributed by atoms with Crippen LogP contribution in [0.25, 0.3) is 21.8 Å². The predicted octanol–water partition coefficient (Wildman–Crippen LogP) is 9.51. The van der Waals surface area contributed by atoms with Crippen LogP contribution in [0.5, 0.6) is 23.0 Å². The van der Waals surface area contributed by atoms with Crippen LogP contribution in [0.4, 0.5) is 23.0 Å². The maximum Gasteiger partial charge on any atom is 0.246 e. The second-order valence-electron chi connectivity index (χ2n) is 16.0. The number of piperidine rings is 1. The SMILES string of the molecule is COCC(=O)NCC#Cc1ccc2ncnc(Nc3ccc(Oc4cccnc4)c(C)c3)c2c1.Cc1ccc(Oc2ccc(Nc3ncnc4ccc(C#CC5CCCNC5)cc34)cc2C)cn1. The van der Waals surface area contributed by atoms with Crippen molar-refractivity contribution in [3.63, 3.8) is 0 Å². The summed E-state index contributed by atoms with van der Waals surface area (Å²) in [6.07, 6.45) is 10.6. The largest absolute Gasteiger partial charge is 0.455 e. The lowest BCUT2D eigenvalue weighted by Gasteiger charge is -2.17. The lowest BCUT2D eigenvalue weighted by atomic mass is 10.00. The molecule has 1 amide bonds. The maximum absolute atomic E-state index is 11.4. The van der Waals surface area contributed by atoms with Gasteiger partial charge < -0.3 is 35.5 Å². The molecule has 1 saturated heterocycles. The van der Waals surface area contributed by atoms with Crippen molar-refractivity contribution in [3.05, 3.63) is 156 Å². The van der Waals surface area contributed by atoms with Gasteiger partial charge in [0.2, 0.25) is 5.91 Å². The van der Waals surface area contributed by atoms with E-state index in [1.807, 2.05) is 112 Å². The second kappa shape index (κ2) is 22.7. The number of hydrogen-bond acceptors (Lipinski definition) is 13. The molecule has 340 valence electrons. The standard InChI is InChI=1S/C28H27N5O.C26H23N5O3/c1-19-14-23(9-12-27(19)34-24-10-5-20(2)30-17-24)33-28-25-15-21(8-11-26(25)31-18-32-28)6-7-22-4-3-13-29-16-22;1-18-13-20(8-10-24(18)34-21-6-4-11-27-15-21)31-26-22-14-19(7-9-23(22)29-17-30-26)5-3-12-28-25(32)16-33-2/h5,8-12,14-15,17-18,22,29H,3-4,13,16H2,1-2H3,(H,31,32,33);4,6-11,13-15,17H,12,16H2,1-2H3,(H,28,32)(H,29,30,31). The number of rotatable bonds is 11. The number of carbonyl (C=O) groups is 1. The van der Waals surface area contributed by atoms with E-state index in [0.29, 0.717) is 23.2 Å². The van der Waals surface area contributed by atoms with Gasteiger partial charge in [-0.2, -0.15) is 0 Å². The van der Waals surface area contributed by atoms with Gasteiger partial charge in [0.15, 0.2) is 0 Å². The third kappa shape index (κ3) is 12.7. The Morgan fingerprint density at radius 3 is 1.93 bits per heavy atom. The van der Waals surface area contributed by atoms with Crippen molar-refractivity contribution in [1.82, 2.24) is 40.5 Å². The van der Waals surface area contributed by atoms with E-state index in [2.05, 4.69) is 80.9 Å². The summed E-state index contributed by atoms with van der Waals surface area (Å²) >= 11 is 0. The molecule has 1 aliphatic heterocycles. The molecule has 9 rings (SSSR count). The van der Waals surface area contributed by atoms with Crippen LogP contribution in [0.3, 0.4) is 0 Å². The summed E-state index contributed by atoms with van der Waals surface area (Å²) in [4.78, 5) is 37.5. The number of ether oxygens (including phenoxy) is 3. The van der Waals surface area contributed by atoms with Crippen molar-refractivity contribution in [2.45, 2.75) is 33.6 Å². The molecule has 68 heavy (non-hydrogen) atoms. The summed E-state index contributed by atoms with van der Waals surface area (Å²) in [7, 11) is 1.47. The van der Waals surface area contributed by atoms with Gasteiger partial charge in [-0.3, -0.25) is 14.8 Å². The average molecular weight is 903 g/mol. The molecule has 0 saturated carbocycles. The van der Waals surface area contributed by atoms with Crippen molar-refractivity contribution >= 4 is 50.7 Å². The van der Waals surface area contributed by atoms with Crippen molar-refractivity contribution in [1.29, 1.82) is 0 Å². The number of nitrogens with one attached hydrogen (secondary N) is 4. The molecular weight excluding hydrogens is 853 g/mol. The number of benzene rings is 4. The summed E-state index contributed by atoms with van der Waals surface area (Å²) < 4.78 is 16.7. The van der Waals surface area contributed by atoms with Gasteiger partial charge in [0, 0.05) is 64.7 Å². The topological polar surface area (TPSA) is 170 Å². The van der Waals surface area contributed by atoms with Crippen molar-refractivity contribution in [3.8, 4) is 46.7 Å². The normalized spacial score (nSPS) is 12.9. The first kappa shape index (κ1) is 46.1. The average Bonchev–Trinajstić information content (AvgIpc) is 3.36. The van der Waals surface area contributed by atoms with E-state index in [-0.39, 0.29) is 19.1 Å². The summed E-state index contributed by atoms with van der Waals surface area (Å²) in [5.74, 6) is 17.3. The van der Waals surface area contributed by atoms with Crippen molar-refractivity contribution in [2.24, 2.45) is 5.92 Å². The molecule has 5 heterocycles. The number of pyridine rings is 2.